The third-order valence-corrected chi connectivity index (χ3v) is 10.9. The van der Waals surface area contributed by atoms with Crippen LogP contribution in [0.2, 0.25) is 0 Å². The second kappa shape index (κ2) is 13.5. The lowest BCUT2D eigenvalue weighted by Gasteiger charge is -2.44. The fourth-order valence-electron chi connectivity index (χ4n) is 7.79. The van der Waals surface area contributed by atoms with Gasteiger partial charge in [-0.3, -0.25) is 4.90 Å². The van der Waals surface area contributed by atoms with Crippen LogP contribution < -0.4 is 14.5 Å². The number of benzene rings is 2. The Hall–Kier alpha value is -4.14. The standard InChI is InChI=1S/C39H52N8O3/c1-27-9-7-10-28-11-8-12-33(34(27)28)45-18-14-31-32(24-45)41-36(49-26-39(15-16-39)25-44-21-30(22-44)43(5)6)42-35(31)46-19-20-47(29(23-46)13-17-40)37(48)50-38(2,3)4/h7-12,29-30H,13-16,18-26H2,1-6H3. The highest BCUT2D eigenvalue weighted by Crippen LogP contribution is 2.47. The van der Waals surface area contributed by atoms with Gasteiger partial charge in [-0.25, -0.2) is 4.79 Å². The molecular weight excluding hydrogens is 628 g/mol. The molecule has 1 unspecified atom stereocenters. The van der Waals surface area contributed by atoms with Crippen LogP contribution in [-0.2, 0) is 17.7 Å². The van der Waals surface area contributed by atoms with Crippen molar-refractivity contribution < 1.29 is 14.3 Å². The van der Waals surface area contributed by atoms with Crippen molar-refractivity contribution in [3.63, 3.8) is 0 Å². The van der Waals surface area contributed by atoms with E-state index in [-0.39, 0.29) is 24.0 Å². The second-order valence-electron chi connectivity index (χ2n) is 16.1. The van der Waals surface area contributed by atoms with Crippen molar-refractivity contribution in [2.45, 2.75) is 77.6 Å². The number of anilines is 2. The Morgan fingerprint density at radius 2 is 1.80 bits per heavy atom. The molecule has 1 atom stereocenters. The zero-order chi connectivity index (χ0) is 35.2. The molecule has 0 N–H and O–H groups in total. The Kier molecular flexibility index (Phi) is 9.29. The minimum Gasteiger partial charge on any atom is -0.463 e. The molecule has 2 aromatic carbocycles. The fourth-order valence-corrected chi connectivity index (χ4v) is 7.79. The second-order valence-corrected chi connectivity index (χ2v) is 16.1. The van der Waals surface area contributed by atoms with Gasteiger partial charge in [0.2, 0.25) is 0 Å². The predicted molar refractivity (Wildman–Crippen MR) is 196 cm³/mol. The highest BCUT2D eigenvalue weighted by molar-refractivity contribution is 5.97. The number of likely N-dealkylation sites (N-methyl/N-ethyl adjacent to an activating group) is 1. The molecule has 1 aliphatic carbocycles. The van der Waals surface area contributed by atoms with Crippen molar-refractivity contribution >= 4 is 28.4 Å². The Labute approximate surface area is 296 Å². The van der Waals surface area contributed by atoms with Gasteiger partial charge in [0.25, 0.3) is 0 Å². The predicted octanol–water partition coefficient (Wildman–Crippen LogP) is 5.25. The molecule has 0 radical (unpaired) electrons. The number of nitriles is 1. The van der Waals surface area contributed by atoms with Crippen LogP contribution in [0.5, 0.6) is 6.01 Å². The van der Waals surface area contributed by atoms with Crippen LogP contribution in [0.4, 0.5) is 16.3 Å². The molecule has 11 nitrogen and oxygen atoms in total. The average molecular weight is 681 g/mol. The molecule has 1 amide bonds. The lowest BCUT2D eigenvalue weighted by atomic mass is 9.99. The number of nitrogens with zero attached hydrogens (tertiary/aromatic N) is 8. The van der Waals surface area contributed by atoms with Crippen LogP contribution in [0.15, 0.2) is 36.4 Å². The van der Waals surface area contributed by atoms with Crippen LogP contribution in [-0.4, -0.2) is 115 Å². The first-order chi connectivity index (χ1) is 23.9. The number of amides is 1. The summed E-state index contributed by atoms with van der Waals surface area (Å²) in [5, 5.41) is 12.3. The van der Waals surface area contributed by atoms with E-state index in [2.05, 4.69) is 83.1 Å². The van der Waals surface area contributed by atoms with Crippen LogP contribution in [0.1, 0.15) is 56.9 Å². The Bertz CT molecular complexity index is 1770. The fraction of sp³-hybridized carbons (Fsp3) is 0.590. The first-order valence-corrected chi connectivity index (χ1v) is 18.2. The molecule has 0 spiro atoms. The first-order valence-electron chi connectivity index (χ1n) is 18.2. The summed E-state index contributed by atoms with van der Waals surface area (Å²) in [5.41, 5.74) is 4.13. The number of hydrogen-bond acceptors (Lipinski definition) is 10. The van der Waals surface area contributed by atoms with Gasteiger partial charge in [-0.2, -0.15) is 15.2 Å². The quantitative estimate of drug-likeness (QED) is 0.298. The molecule has 3 aliphatic heterocycles. The molecule has 3 aromatic rings. The van der Waals surface area contributed by atoms with E-state index in [4.69, 9.17) is 19.4 Å². The van der Waals surface area contributed by atoms with Gasteiger partial charge in [-0.15, -0.1) is 0 Å². The maximum Gasteiger partial charge on any atom is 0.410 e. The molecule has 0 bridgehead atoms. The number of carbonyl (C=O) groups excluding carboxylic acids is 1. The first kappa shape index (κ1) is 34.3. The Morgan fingerprint density at radius 1 is 1.04 bits per heavy atom. The smallest absolute Gasteiger partial charge is 0.410 e. The molecule has 11 heteroatoms. The number of carbonyl (C=O) groups is 1. The number of piperazine rings is 1. The van der Waals surface area contributed by atoms with E-state index in [0.29, 0.717) is 44.8 Å². The Balaban J connectivity index is 1.16. The molecular formula is C39H52N8O3. The normalized spacial score (nSPS) is 20.8. The van der Waals surface area contributed by atoms with Gasteiger partial charge < -0.3 is 29.1 Å². The number of aromatic nitrogens is 2. The SMILES string of the molecule is Cc1cccc2cccc(N3CCc4c(nc(OCC5(CN6CC(N(C)C)C6)CC5)nc4N4CCN(C(=O)OC(C)(C)C)C(CC#N)C4)C3)c12. The number of hydrogen-bond donors (Lipinski definition) is 0. The third kappa shape index (κ3) is 7.19. The summed E-state index contributed by atoms with van der Waals surface area (Å²) < 4.78 is 12.3. The molecule has 3 fully saturated rings. The number of fused-ring (bicyclic) bond motifs is 2. The summed E-state index contributed by atoms with van der Waals surface area (Å²) in [4.78, 5) is 34.6. The summed E-state index contributed by atoms with van der Waals surface area (Å²) in [7, 11) is 4.32. The molecule has 7 rings (SSSR count). The van der Waals surface area contributed by atoms with Crippen LogP contribution in [0.25, 0.3) is 10.8 Å². The van der Waals surface area contributed by atoms with E-state index in [1.165, 1.54) is 22.0 Å². The topological polar surface area (TPSA) is 101 Å². The van der Waals surface area contributed by atoms with Gasteiger partial charge in [0.15, 0.2) is 0 Å². The summed E-state index contributed by atoms with van der Waals surface area (Å²) >= 11 is 0. The number of aryl methyl sites for hydroxylation is 1. The number of rotatable bonds is 9. The average Bonchev–Trinajstić information content (AvgIpc) is 3.83. The van der Waals surface area contributed by atoms with E-state index in [1.54, 1.807) is 4.90 Å². The van der Waals surface area contributed by atoms with Gasteiger partial charge in [-0.05, 0) is 78.1 Å². The minimum atomic E-state index is -0.611. The van der Waals surface area contributed by atoms with Crippen molar-refractivity contribution in [3.8, 4) is 12.1 Å². The van der Waals surface area contributed by atoms with Crippen molar-refractivity contribution in [2.24, 2.45) is 5.41 Å². The van der Waals surface area contributed by atoms with Gasteiger partial charge in [0.05, 0.1) is 37.4 Å². The van der Waals surface area contributed by atoms with Crippen LogP contribution >= 0.6 is 0 Å². The van der Waals surface area contributed by atoms with E-state index < -0.39 is 5.60 Å². The minimum absolute atomic E-state index is 0.153. The lowest BCUT2D eigenvalue weighted by Crippen LogP contribution is -2.58. The summed E-state index contributed by atoms with van der Waals surface area (Å²) in [5.74, 6) is 0.868. The van der Waals surface area contributed by atoms with Crippen LogP contribution in [0.3, 0.4) is 0 Å². The summed E-state index contributed by atoms with van der Waals surface area (Å²) in [6.07, 6.45) is 2.94. The van der Waals surface area contributed by atoms with Crippen molar-refractivity contribution in [3.05, 3.63) is 53.2 Å². The Morgan fingerprint density at radius 3 is 2.50 bits per heavy atom. The monoisotopic (exact) mass is 680 g/mol. The van der Waals surface area contributed by atoms with Crippen molar-refractivity contribution in [2.75, 3.05) is 76.3 Å². The lowest BCUT2D eigenvalue weighted by molar-refractivity contribution is 0.0144. The van der Waals surface area contributed by atoms with E-state index >= 15 is 0 Å². The zero-order valence-corrected chi connectivity index (χ0v) is 30.6. The summed E-state index contributed by atoms with van der Waals surface area (Å²) in [6.45, 7) is 14.7. The van der Waals surface area contributed by atoms with Crippen molar-refractivity contribution in [1.29, 1.82) is 5.26 Å². The van der Waals surface area contributed by atoms with Crippen LogP contribution in [0, 0.1) is 23.7 Å². The largest absolute Gasteiger partial charge is 0.463 e. The van der Waals surface area contributed by atoms with E-state index in [0.717, 1.165) is 62.5 Å². The van der Waals surface area contributed by atoms with Gasteiger partial charge in [0, 0.05) is 73.9 Å². The van der Waals surface area contributed by atoms with E-state index in [1.807, 2.05) is 20.8 Å². The maximum atomic E-state index is 13.2. The highest BCUT2D eigenvalue weighted by atomic mass is 16.6. The maximum absolute atomic E-state index is 13.2. The van der Waals surface area contributed by atoms with Crippen molar-refractivity contribution in [1.82, 2.24) is 24.7 Å². The number of ether oxygens (including phenoxy) is 2. The third-order valence-electron chi connectivity index (χ3n) is 10.9. The van der Waals surface area contributed by atoms with Gasteiger partial charge in [-0.1, -0.05) is 30.3 Å². The zero-order valence-electron chi connectivity index (χ0n) is 30.6. The molecule has 266 valence electrons. The molecule has 1 saturated carbocycles. The van der Waals surface area contributed by atoms with Gasteiger partial charge in [0.1, 0.15) is 11.4 Å². The summed E-state index contributed by atoms with van der Waals surface area (Å²) in [6, 6.07) is 16.1. The number of likely N-dealkylation sites (tertiary alicyclic amines) is 1. The molecule has 2 saturated heterocycles. The molecule has 4 heterocycles. The molecule has 4 aliphatic rings. The van der Waals surface area contributed by atoms with Gasteiger partial charge >= 0.3 is 12.1 Å². The molecule has 50 heavy (non-hydrogen) atoms. The van der Waals surface area contributed by atoms with E-state index in [9.17, 15) is 10.1 Å². The highest BCUT2D eigenvalue weighted by Gasteiger charge is 2.47. The molecule has 1 aromatic heterocycles.